The molecule has 0 aliphatic carbocycles. The Balaban J connectivity index is 1.80. The van der Waals surface area contributed by atoms with Gasteiger partial charge in [0.15, 0.2) is 6.10 Å². The molecular formula is C18H19ClN2O5S. The molecule has 0 bridgehead atoms. The number of carbonyl (C=O) groups excluding carboxylic acids is 1. The number of nitrogens with one attached hydrogen (secondary N) is 1. The third-order valence-corrected chi connectivity index (χ3v) is 5.30. The van der Waals surface area contributed by atoms with Gasteiger partial charge in [0.2, 0.25) is 10.0 Å². The van der Waals surface area contributed by atoms with Crippen LogP contribution in [0.25, 0.3) is 0 Å². The fourth-order valence-corrected chi connectivity index (χ4v) is 3.77. The van der Waals surface area contributed by atoms with E-state index in [1.165, 1.54) is 6.07 Å². The Morgan fingerprint density at radius 1 is 1.30 bits per heavy atom. The van der Waals surface area contributed by atoms with E-state index in [4.69, 9.17) is 21.1 Å². The maximum atomic E-state index is 12.6. The summed E-state index contributed by atoms with van der Waals surface area (Å²) in [4.78, 5) is 12.6. The molecule has 27 heavy (non-hydrogen) atoms. The highest BCUT2D eigenvalue weighted by Crippen LogP contribution is 2.37. The maximum Gasteiger partial charge on any atom is 0.267 e. The van der Waals surface area contributed by atoms with Crippen LogP contribution in [0.5, 0.6) is 11.5 Å². The molecule has 1 aliphatic rings. The van der Waals surface area contributed by atoms with Crippen LogP contribution in [0.4, 0.5) is 11.4 Å². The van der Waals surface area contributed by atoms with Crippen LogP contribution < -0.4 is 19.1 Å². The van der Waals surface area contributed by atoms with Gasteiger partial charge in [-0.1, -0.05) is 11.6 Å². The van der Waals surface area contributed by atoms with Crippen molar-refractivity contribution >= 4 is 38.9 Å². The van der Waals surface area contributed by atoms with Gasteiger partial charge in [0.05, 0.1) is 25.1 Å². The molecule has 1 atom stereocenters. The molecule has 1 unspecified atom stereocenters. The molecule has 144 valence electrons. The number of rotatable bonds is 5. The summed E-state index contributed by atoms with van der Waals surface area (Å²) < 4.78 is 36.5. The number of nitrogens with zero attached hydrogens (tertiary/aromatic N) is 1. The highest BCUT2D eigenvalue weighted by atomic mass is 35.5. The number of amides is 1. The van der Waals surface area contributed by atoms with Gasteiger partial charge in [-0.25, -0.2) is 8.42 Å². The lowest BCUT2D eigenvalue weighted by atomic mass is 10.2. The minimum absolute atomic E-state index is 0.144. The van der Waals surface area contributed by atoms with E-state index in [1.54, 1.807) is 36.4 Å². The molecule has 2 aromatic rings. The lowest BCUT2D eigenvalue weighted by Gasteiger charge is -2.34. The van der Waals surface area contributed by atoms with E-state index in [1.807, 2.05) is 6.92 Å². The normalized spacial score (nSPS) is 16.3. The number of fused-ring (bicyclic) bond motifs is 1. The van der Waals surface area contributed by atoms with Gasteiger partial charge in [-0.05, 0) is 49.4 Å². The average molecular weight is 411 g/mol. The zero-order valence-electron chi connectivity index (χ0n) is 14.8. The molecule has 0 fully saturated rings. The second-order valence-electron chi connectivity index (χ2n) is 5.96. The topological polar surface area (TPSA) is 84.9 Å². The zero-order valence-corrected chi connectivity index (χ0v) is 16.4. The van der Waals surface area contributed by atoms with Crippen molar-refractivity contribution in [3.8, 4) is 11.5 Å². The van der Waals surface area contributed by atoms with E-state index >= 15 is 0 Å². The average Bonchev–Trinajstić information content (AvgIpc) is 2.61. The van der Waals surface area contributed by atoms with Gasteiger partial charge in [-0.15, -0.1) is 0 Å². The summed E-state index contributed by atoms with van der Waals surface area (Å²) in [6, 6.07) is 11.5. The summed E-state index contributed by atoms with van der Waals surface area (Å²) >= 11 is 5.97. The SMILES string of the molecule is CCOc1ccc(NC(=O)C2CN(S(C)(=O)=O)c3cc(Cl)ccc3O2)cc1. The van der Waals surface area contributed by atoms with Gasteiger partial charge in [0.25, 0.3) is 5.91 Å². The van der Waals surface area contributed by atoms with Crippen LogP contribution in [0.3, 0.4) is 0 Å². The first-order valence-electron chi connectivity index (χ1n) is 8.25. The van der Waals surface area contributed by atoms with E-state index in [0.29, 0.717) is 28.8 Å². The Kier molecular flexibility index (Phi) is 5.48. The Bertz CT molecular complexity index is 947. The van der Waals surface area contributed by atoms with Crippen LogP contribution in [0.15, 0.2) is 42.5 Å². The second kappa shape index (κ2) is 7.66. The molecule has 0 radical (unpaired) electrons. The number of hydrogen-bond donors (Lipinski definition) is 1. The van der Waals surface area contributed by atoms with Crippen LogP contribution in [-0.2, 0) is 14.8 Å². The number of anilines is 2. The van der Waals surface area contributed by atoms with E-state index in [-0.39, 0.29) is 12.3 Å². The van der Waals surface area contributed by atoms with Gasteiger partial charge in [0.1, 0.15) is 11.5 Å². The first kappa shape index (κ1) is 19.3. The molecule has 9 heteroatoms. The molecule has 1 N–H and O–H groups in total. The Hall–Kier alpha value is -2.45. The minimum atomic E-state index is -3.61. The summed E-state index contributed by atoms with van der Waals surface area (Å²) in [5, 5.41) is 3.11. The number of carbonyl (C=O) groups is 1. The zero-order chi connectivity index (χ0) is 19.6. The number of sulfonamides is 1. The van der Waals surface area contributed by atoms with Gasteiger partial charge in [0, 0.05) is 10.7 Å². The quantitative estimate of drug-likeness (QED) is 0.819. The van der Waals surface area contributed by atoms with Crippen LogP contribution in [-0.4, -0.2) is 39.8 Å². The van der Waals surface area contributed by atoms with Gasteiger partial charge in [-0.2, -0.15) is 0 Å². The van der Waals surface area contributed by atoms with E-state index < -0.39 is 22.0 Å². The van der Waals surface area contributed by atoms with Crippen molar-refractivity contribution in [2.24, 2.45) is 0 Å². The molecule has 1 amide bonds. The summed E-state index contributed by atoms with van der Waals surface area (Å²) in [7, 11) is -3.61. The van der Waals surface area contributed by atoms with Gasteiger partial charge >= 0.3 is 0 Å². The van der Waals surface area contributed by atoms with Crippen LogP contribution in [0, 0.1) is 0 Å². The predicted molar refractivity (Wildman–Crippen MR) is 104 cm³/mol. The van der Waals surface area contributed by atoms with Crippen LogP contribution in [0.2, 0.25) is 5.02 Å². The molecule has 1 heterocycles. The Morgan fingerprint density at radius 3 is 2.63 bits per heavy atom. The largest absolute Gasteiger partial charge is 0.494 e. The third-order valence-electron chi connectivity index (χ3n) is 3.92. The predicted octanol–water partition coefficient (Wildman–Crippen LogP) is 2.90. The van der Waals surface area contributed by atoms with Crippen molar-refractivity contribution in [1.29, 1.82) is 0 Å². The van der Waals surface area contributed by atoms with Crippen molar-refractivity contribution in [1.82, 2.24) is 0 Å². The highest BCUT2D eigenvalue weighted by molar-refractivity contribution is 7.92. The smallest absolute Gasteiger partial charge is 0.267 e. The Labute approximate surface area is 162 Å². The van der Waals surface area contributed by atoms with Crippen LogP contribution >= 0.6 is 11.6 Å². The lowest BCUT2D eigenvalue weighted by Crippen LogP contribution is -2.48. The summed E-state index contributed by atoms with van der Waals surface area (Å²) in [6.07, 6.45) is 0.0738. The number of hydrogen-bond acceptors (Lipinski definition) is 5. The highest BCUT2D eigenvalue weighted by Gasteiger charge is 2.35. The molecule has 2 aromatic carbocycles. The van der Waals surface area contributed by atoms with Crippen LogP contribution in [0.1, 0.15) is 6.92 Å². The summed E-state index contributed by atoms with van der Waals surface area (Å²) in [5.41, 5.74) is 0.870. The van der Waals surface area contributed by atoms with Gasteiger partial charge in [-0.3, -0.25) is 9.10 Å². The number of halogens is 1. The summed E-state index contributed by atoms with van der Waals surface area (Å²) in [5.74, 6) is 0.523. The van der Waals surface area contributed by atoms with E-state index in [2.05, 4.69) is 5.32 Å². The molecule has 0 aromatic heterocycles. The van der Waals surface area contributed by atoms with Crippen molar-refractivity contribution in [2.75, 3.05) is 29.0 Å². The van der Waals surface area contributed by atoms with E-state index in [9.17, 15) is 13.2 Å². The maximum absolute atomic E-state index is 12.6. The monoisotopic (exact) mass is 410 g/mol. The third kappa shape index (κ3) is 4.45. The fourth-order valence-electron chi connectivity index (χ4n) is 2.70. The van der Waals surface area contributed by atoms with Crippen molar-refractivity contribution in [3.63, 3.8) is 0 Å². The molecule has 1 aliphatic heterocycles. The molecule has 0 saturated heterocycles. The second-order valence-corrected chi connectivity index (χ2v) is 8.30. The van der Waals surface area contributed by atoms with Crippen molar-refractivity contribution in [3.05, 3.63) is 47.5 Å². The van der Waals surface area contributed by atoms with Crippen molar-refractivity contribution < 1.29 is 22.7 Å². The van der Waals surface area contributed by atoms with Gasteiger partial charge < -0.3 is 14.8 Å². The molecule has 7 nitrogen and oxygen atoms in total. The number of benzene rings is 2. The fraction of sp³-hybridized carbons (Fsp3) is 0.278. The Morgan fingerprint density at radius 2 is 2.00 bits per heavy atom. The first-order chi connectivity index (χ1) is 12.8. The molecule has 3 rings (SSSR count). The van der Waals surface area contributed by atoms with Crippen molar-refractivity contribution in [2.45, 2.75) is 13.0 Å². The van der Waals surface area contributed by atoms with E-state index in [0.717, 1.165) is 10.6 Å². The first-order valence-corrected chi connectivity index (χ1v) is 10.5. The molecular weight excluding hydrogens is 392 g/mol. The summed E-state index contributed by atoms with van der Waals surface area (Å²) in [6.45, 7) is 2.29. The molecule has 0 spiro atoms. The lowest BCUT2D eigenvalue weighted by molar-refractivity contribution is -0.122. The number of ether oxygens (including phenoxy) is 2. The minimum Gasteiger partial charge on any atom is -0.494 e. The standard InChI is InChI=1S/C18H19ClN2O5S/c1-3-25-14-7-5-13(6-8-14)20-18(22)17-11-21(27(2,23)24)15-10-12(19)4-9-16(15)26-17/h4-10,17H,3,11H2,1-2H3,(H,20,22). The molecule has 0 saturated carbocycles.